The van der Waals surface area contributed by atoms with Gasteiger partial charge in [0.1, 0.15) is 0 Å². The van der Waals surface area contributed by atoms with Gasteiger partial charge in [0.2, 0.25) is 5.91 Å². The molecule has 0 bridgehead atoms. The van der Waals surface area contributed by atoms with E-state index in [2.05, 4.69) is 19.2 Å². The van der Waals surface area contributed by atoms with Gasteiger partial charge in [-0.2, -0.15) is 0 Å². The molecule has 0 aliphatic heterocycles. The Kier molecular flexibility index (Phi) is 6.51. The fourth-order valence-corrected chi connectivity index (χ4v) is 2.54. The van der Waals surface area contributed by atoms with E-state index in [4.69, 9.17) is 0 Å². The maximum Gasteiger partial charge on any atom is 0.223 e. The van der Waals surface area contributed by atoms with Gasteiger partial charge in [0.15, 0.2) is 0 Å². The summed E-state index contributed by atoms with van der Waals surface area (Å²) in [6, 6.07) is 0.469. The third-order valence-electron chi connectivity index (χ3n) is 3.72. The Morgan fingerprint density at radius 2 is 1.94 bits per heavy atom. The van der Waals surface area contributed by atoms with Gasteiger partial charge in [-0.15, -0.1) is 0 Å². The number of nitrogens with one attached hydrogen (secondary N) is 1. The third-order valence-corrected chi connectivity index (χ3v) is 3.72. The molecule has 94 valence electrons. The highest BCUT2D eigenvalue weighted by Crippen LogP contribution is 2.19. The Morgan fingerprint density at radius 3 is 2.50 bits per heavy atom. The second-order valence-electron chi connectivity index (χ2n) is 5.09. The maximum absolute atomic E-state index is 12.0. The van der Waals surface area contributed by atoms with E-state index >= 15 is 0 Å². The highest BCUT2D eigenvalue weighted by molar-refractivity contribution is 5.78. The Hall–Kier alpha value is -0.530. The normalized spacial score (nSPS) is 19.4. The number of hydrogen-bond acceptors (Lipinski definition) is 1. The molecule has 1 aliphatic rings. The Labute approximate surface area is 100 Å². The van der Waals surface area contributed by atoms with Crippen LogP contribution in [0.4, 0.5) is 0 Å². The first-order chi connectivity index (χ1) is 7.77. The number of unbranched alkanes of at least 4 members (excludes halogenated alkanes) is 1. The van der Waals surface area contributed by atoms with Gasteiger partial charge in [-0.1, -0.05) is 46.0 Å². The van der Waals surface area contributed by atoms with Gasteiger partial charge in [-0.3, -0.25) is 4.79 Å². The van der Waals surface area contributed by atoms with Crippen LogP contribution in [-0.2, 0) is 4.79 Å². The molecule has 0 aromatic carbocycles. The van der Waals surface area contributed by atoms with Crippen LogP contribution in [0.1, 0.15) is 71.6 Å². The second kappa shape index (κ2) is 7.70. The third kappa shape index (κ3) is 4.54. The van der Waals surface area contributed by atoms with E-state index in [1.165, 1.54) is 44.9 Å². The molecule has 0 radical (unpaired) electrons. The molecule has 0 spiro atoms. The lowest BCUT2D eigenvalue weighted by Gasteiger charge is -2.25. The lowest BCUT2D eigenvalue weighted by atomic mass is 9.93. The minimum absolute atomic E-state index is 0.252. The monoisotopic (exact) mass is 225 g/mol. The van der Waals surface area contributed by atoms with Crippen LogP contribution >= 0.6 is 0 Å². The maximum atomic E-state index is 12.0. The van der Waals surface area contributed by atoms with Crippen molar-refractivity contribution in [3.63, 3.8) is 0 Å². The Bertz CT molecular complexity index is 197. The predicted octanol–water partition coefficient (Wildman–Crippen LogP) is 3.65. The summed E-state index contributed by atoms with van der Waals surface area (Å²) in [4.78, 5) is 12.0. The molecular formula is C14H27NO. The van der Waals surface area contributed by atoms with Crippen LogP contribution in [0.3, 0.4) is 0 Å². The van der Waals surface area contributed by atoms with E-state index in [0.717, 1.165) is 12.8 Å². The lowest BCUT2D eigenvalue weighted by molar-refractivity contribution is -0.126. The Morgan fingerprint density at radius 1 is 1.25 bits per heavy atom. The second-order valence-corrected chi connectivity index (χ2v) is 5.09. The van der Waals surface area contributed by atoms with E-state index < -0.39 is 0 Å². The molecule has 1 aliphatic carbocycles. The summed E-state index contributed by atoms with van der Waals surface area (Å²) in [7, 11) is 0. The van der Waals surface area contributed by atoms with E-state index in [1.54, 1.807) is 0 Å². The lowest BCUT2D eigenvalue weighted by Crippen LogP contribution is -2.39. The van der Waals surface area contributed by atoms with Gasteiger partial charge in [-0.25, -0.2) is 0 Å². The molecule has 1 atom stereocenters. The molecule has 2 heteroatoms. The molecule has 0 aromatic rings. The molecule has 0 aromatic heterocycles. The average Bonchev–Trinajstić information content (AvgIpc) is 2.31. The van der Waals surface area contributed by atoms with Gasteiger partial charge >= 0.3 is 0 Å². The zero-order valence-electron chi connectivity index (χ0n) is 10.9. The molecule has 1 amide bonds. The quantitative estimate of drug-likeness (QED) is 0.734. The molecule has 0 heterocycles. The zero-order valence-corrected chi connectivity index (χ0v) is 10.9. The van der Waals surface area contributed by atoms with Gasteiger partial charge in [-0.05, 0) is 25.7 Å². The first kappa shape index (κ1) is 13.5. The summed E-state index contributed by atoms with van der Waals surface area (Å²) in [5.41, 5.74) is 0. The van der Waals surface area contributed by atoms with Crippen LogP contribution in [0.2, 0.25) is 0 Å². The number of amides is 1. The van der Waals surface area contributed by atoms with Crippen molar-refractivity contribution in [2.45, 2.75) is 77.7 Å². The minimum Gasteiger partial charge on any atom is -0.353 e. The van der Waals surface area contributed by atoms with Crippen molar-refractivity contribution in [1.82, 2.24) is 5.32 Å². The molecule has 1 unspecified atom stereocenters. The zero-order chi connectivity index (χ0) is 11.8. The summed E-state index contributed by atoms with van der Waals surface area (Å²) in [6.45, 7) is 4.31. The summed E-state index contributed by atoms with van der Waals surface area (Å²) in [5.74, 6) is 0.560. The van der Waals surface area contributed by atoms with E-state index in [1.807, 2.05) is 0 Å². The van der Waals surface area contributed by atoms with Crippen LogP contribution < -0.4 is 5.32 Å². The average molecular weight is 225 g/mol. The molecular weight excluding hydrogens is 198 g/mol. The number of hydrogen-bond donors (Lipinski definition) is 1. The molecule has 1 fully saturated rings. The topological polar surface area (TPSA) is 29.1 Å². The predicted molar refractivity (Wildman–Crippen MR) is 68.3 cm³/mol. The summed E-state index contributed by atoms with van der Waals surface area (Å²) < 4.78 is 0. The van der Waals surface area contributed by atoms with Gasteiger partial charge < -0.3 is 5.32 Å². The molecule has 2 nitrogen and oxygen atoms in total. The first-order valence-electron chi connectivity index (χ1n) is 7.08. The van der Waals surface area contributed by atoms with Crippen LogP contribution in [0.25, 0.3) is 0 Å². The fourth-order valence-electron chi connectivity index (χ4n) is 2.54. The molecule has 16 heavy (non-hydrogen) atoms. The van der Waals surface area contributed by atoms with E-state index in [-0.39, 0.29) is 5.92 Å². The molecule has 1 N–H and O–H groups in total. The molecule has 1 saturated carbocycles. The van der Waals surface area contributed by atoms with Gasteiger partial charge in [0.25, 0.3) is 0 Å². The van der Waals surface area contributed by atoms with Crippen molar-refractivity contribution in [3.05, 3.63) is 0 Å². The van der Waals surface area contributed by atoms with E-state index in [9.17, 15) is 4.79 Å². The van der Waals surface area contributed by atoms with Crippen LogP contribution in [-0.4, -0.2) is 11.9 Å². The van der Waals surface area contributed by atoms with Crippen molar-refractivity contribution in [1.29, 1.82) is 0 Å². The number of rotatable bonds is 6. The van der Waals surface area contributed by atoms with E-state index in [0.29, 0.717) is 11.9 Å². The Balaban J connectivity index is 2.29. The van der Waals surface area contributed by atoms with Crippen LogP contribution in [0.5, 0.6) is 0 Å². The van der Waals surface area contributed by atoms with Crippen LogP contribution in [0, 0.1) is 5.92 Å². The standard InChI is InChI=1S/C14H27NO/c1-3-5-9-12(4-2)14(16)15-13-10-7-6-8-11-13/h12-13H,3-11H2,1-2H3,(H,15,16). The smallest absolute Gasteiger partial charge is 0.223 e. The first-order valence-corrected chi connectivity index (χ1v) is 7.08. The van der Waals surface area contributed by atoms with Crippen molar-refractivity contribution in [2.24, 2.45) is 5.92 Å². The highest BCUT2D eigenvalue weighted by atomic mass is 16.1. The number of carbonyl (C=O) groups excluding carboxylic acids is 1. The number of carbonyl (C=O) groups is 1. The molecule has 0 saturated heterocycles. The SMILES string of the molecule is CCCCC(CC)C(=O)NC1CCCCC1. The summed E-state index contributed by atoms with van der Waals surface area (Å²) in [5, 5.41) is 3.24. The summed E-state index contributed by atoms with van der Waals surface area (Å²) in [6.07, 6.45) is 10.7. The summed E-state index contributed by atoms with van der Waals surface area (Å²) >= 11 is 0. The van der Waals surface area contributed by atoms with Crippen molar-refractivity contribution < 1.29 is 4.79 Å². The molecule has 1 rings (SSSR count). The largest absolute Gasteiger partial charge is 0.353 e. The van der Waals surface area contributed by atoms with Crippen molar-refractivity contribution >= 4 is 5.91 Å². The van der Waals surface area contributed by atoms with Gasteiger partial charge in [0.05, 0.1) is 0 Å². The van der Waals surface area contributed by atoms with Crippen molar-refractivity contribution in [3.8, 4) is 0 Å². The minimum atomic E-state index is 0.252. The van der Waals surface area contributed by atoms with Gasteiger partial charge in [0, 0.05) is 12.0 Å². The van der Waals surface area contributed by atoms with Crippen LogP contribution in [0.15, 0.2) is 0 Å². The fraction of sp³-hybridized carbons (Fsp3) is 0.929. The van der Waals surface area contributed by atoms with Crippen molar-refractivity contribution in [2.75, 3.05) is 0 Å². The highest BCUT2D eigenvalue weighted by Gasteiger charge is 2.20.